The maximum atomic E-state index is 13.4. The van der Waals surface area contributed by atoms with Crippen LogP contribution in [0.5, 0.6) is 0 Å². The van der Waals surface area contributed by atoms with Gasteiger partial charge in [-0.1, -0.05) is 31.2 Å². The number of fused-ring (bicyclic) bond motifs is 2. The first-order valence-electron chi connectivity index (χ1n) is 15.7. The molecule has 45 heavy (non-hydrogen) atoms. The van der Waals surface area contributed by atoms with Gasteiger partial charge in [-0.2, -0.15) is 0 Å². The molecular weight excluding hydrogens is 588 g/mol. The highest BCUT2D eigenvalue weighted by atomic mass is 32.2. The Balaban J connectivity index is 1.19. The molecule has 9 heteroatoms. The second-order valence-electron chi connectivity index (χ2n) is 11.9. The topological polar surface area (TPSA) is 98.1 Å². The van der Waals surface area contributed by atoms with E-state index in [1.165, 1.54) is 0 Å². The second kappa shape index (κ2) is 13.7. The van der Waals surface area contributed by atoms with Crippen LogP contribution in [0, 0.1) is 0 Å². The Hall–Kier alpha value is -3.76. The Morgan fingerprint density at radius 1 is 1.00 bits per heavy atom. The molecular formula is C36H40N2O6S. The van der Waals surface area contributed by atoms with E-state index in [1.807, 2.05) is 60.7 Å². The van der Waals surface area contributed by atoms with Crippen LogP contribution >= 0.6 is 0 Å². The number of sulfone groups is 1. The second-order valence-corrected chi connectivity index (χ2v) is 14.0. The van der Waals surface area contributed by atoms with Crippen LogP contribution < -0.4 is 5.32 Å². The van der Waals surface area contributed by atoms with Crippen molar-refractivity contribution in [3.05, 3.63) is 89.2 Å². The van der Waals surface area contributed by atoms with Gasteiger partial charge in [-0.3, -0.25) is 9.69 Å². The molecule has 6 rings (SSSR count). The molecule has 0 atom stereocenters. The number of benzene rings is 3. The fourth-order valence-corrected chi connectivity index (χ4v) is 7.49. The largest absolute Gasteiger partial charge is 0.459 e. The Bertz CT molecular complexity index is 1800. The molecule has 0 aliphatic carbocycles. The van der Waals surface area contributed by atoms with Crippen LogP contribution in [-0.2, 0) is 37.3 Å². The summed E-state index contributed by atoms with van der Waals surface area (Å²) in [5.74, 6) is 0.340. The molecule has 236 valence electrons. The van der Waals surface area contributed by atoms with Gasteiger partial charge in [0.15, 0.2) is 9.84 Å². The molecule has 2 aliphatic rings. The highest BCUT2D eigenvalue weighted by Gasteiger charge is 2.25. The van der Waals surface area contributed by atoms with Crippen molar-refractivity contribution in [3.63, 3.8) is 0 Å². The Kier molecular flexibility index (Phi) is 9.51. The van der Waals surface area contributed by atoms with Gasteiger partial charge in [-0.25, -0.2) is 8.42 Å². The first-order valence-corrected chi connectivity index (χ1v) is 17.3. The molecule has 0 saturated carbocycles. The zero-order chi connectivity index (χ0) is 31.4. The number of amides is 1. The molecule has 1 fully saturated rings. The van der Waals surface area contributed by atoms with Crippen molar-refractivity contribution in [2.75, 3.05) is 37.9 Å². The molecule has 3 heterocycles. The van der Waals surface area contributed by atoms with E-state index in [0.717, 1.165) is 72.4 Å². The van der Waals surface area contributed by atoms with E-state index >= 15 is 0 Å². The zero-order valence-electron chi connectivity index (χ0n) is 25.9. The van der Waals surface area contributed by atoms with E-state index < -0.39 is 9.84 Å². The SMILES string of the molecule is CCCOCc1cc2cc(-c3ccc4c(c3)C=C(C(=O)Nc3ccc(CN(C)C5CCOCC5)cc3)CCS4(=O)=O)ccc2o1. The quantitative estimate of drug-likeness (QED) is 0.192. The van der Waals surface area contributed by atoms with Crippen LogP contribution in [0.25, 0.3) is 28.2 Å². The van der Waals surface area contributed by atoms with Gasteiger partial charge >= 0.3 is 0 Å². The van der Waals surface area contributed by atoms with Gasteiger partial charge in [-0.05, 0) is 104 Å². The molecule has 0 unspecified atom stereocenters. The Labute approximate surface area is 264 Å². The molecule has 0 bridgehead atoms. The normalized spacial score (nSPS) is 16.7. The standard InChI is InChI=1S/C36H40N2O6S/c1-3-15-43-24-33-22-29-19-26(6-10-34(29)44-33)27-7-11-35-30(20-27)21-28(14-18-45(35,40)41)36(39)37-31-8-4-25(5-9-31)23-38(2)32-12-16-42-17-13-32/h4-11,19-22,32H,3,12-18,23-24H2,1-2H3,(H,37,39). The summed E-state index contributed by atoms with van der Waals surface area (Å²) < 4.78 is 43.4. The molecule has 1 aromatic heterocycles. The molecule has 1 saturated heterocycles. The minimum absolute atomic E-state index is 0.125. The first-order chi connectivity index (χ1) is 21.8. The number of nitrogens with one attached hydrogen (secondary N) is 1. The number of hydrogen-bond donors (Lipinski definition) is 1. The lowest BCUT2D eigenvalue weighted by Gasteiger charge is -2.31. The van der Waals surface area contributed by atoms with Gasteiger partial charge in [0.05, 0.1) is 10.6 Å². The third kappa shape index (κ3) is 7.39. The van der Waals surface area contributed by atoms with Crippen LogP contribution in [0.4, 0.5) is 5.69 Å². The summed E-state index contributed by atoms with van der Waals surface area (Å²) >= 11 is 0. The van der Waals surface area contributed by atoms with Gasteiger partial charge in [0, 0.05) is 49.1 Å². The van der Waals surface area contributed by atoms with Crippen LogP contribution in [0.1, 0.15) is 49.5 Å². The van der Waals surface area contributed by atoms with Crippen LogP contribution in [0.2, 0.25) is 0 Å². The number of nitrogens with zero attached hydrogens (tertiary/aromatic N) is 1. The number of carbonyl (C=O) groups is 1. The third-order valence-corrected chi connectivity index (χ3v) is 10.3. The number of anilines is 1. The predicted molar refractivity (Wildman–Crippen MR) is 177 cm³/mol. The van der Waals surface area contributed by atoms with Crippen molar-refractivity contribution >= 4 is 38.5 Å². The molecule has 4 aromatic rings. The molecule has 1 amide bonds. The molecule has 3 aromatic carbocycles. The molecule has 2 aliphatic heterocycles. The zero-order valence-corrected chi connectivity index (χ0v) is 26.7. The van der Waals surface area contributed by atoms with E-state index in [2.05, 4.69) is 24.2 Å². The predicted octanol–water partition coefficient (Wildman–Crippen LogP) is 6.84. The number of hydrogen-bond acceptors (Lipinski definition) is 7. The lowest BCUT2D eigenvalue weighted by Crippen LogP contribution is -2.36. The fourth-order valence-electron chi connectivity index (χ4n) is 6.03. The smallest absolute Gasteiger partial charge is 0.251 e. The van der Waals surface area contributed by atoms with Crippen LogP contribution in [0.15, 0.2) is 81.6 Å². The number of rotatable bonds is 10. The molecule has 0 spiro atoms. The van der Waals surface area contributed by atoms with E-state index in [4.69, 9.17) is 13.9 Å². The molecule has 0 radical (unpaired) electrons. The van der Waals surface area contributed by atoms with Crippen LogP contribution in [-0.4, -0.2) is 57.9 Å². The first kappa shape index (κ1) is 31.2. The summed E-state index contributed by atoms with van der Waals surface area (Å²) in [6.07, 6.45) is 4.87. The van der Waals surface area contributed by atoms with Gasteiger partial charge in [-0.15, -0.1) is 0 Å². The summed E-state index contributed by atoms with van der Waals surface area (Å²) in [5, 5.41) is 3.92. The average Bonchev–Trinajstić information content (AvgIpc) is 3.40. The van der Waals surface area contributed by atoms with Gasteiger partial charge in [0.25, 0.3) is 5.91 Å². The average molecular weight is 629 g/mol. The lowest BCUT2D eigenvalue weighted by atomic mass is 10.00. The maximum absolute atomic E-state index is 13.4. The van der Waals surface area contributed by atoms with E-state index in [0.29, 0.717) is 36.1 Å². The highest BCUT2D eigenvalue weighted by molar-refractivity contribution is 7.91. The van der Waals surface area contributed by atoms with Crippen molar-refractivity contribution in [1.82, 2.24) is 4.90 Å². The summed E-state index contributed by atoms with van der Waals surface area (Å²) in [7, 11) is -1.42. The van der Waals surface area contributed by atoms with E-state index in [1.54, 1.807) is 12.1 Å². The van der Waals surface area contributed by atoms with Crippen molar-refractivity contribution in [1.29, 1.82) is 0 Å². The molecule has 8 nitrogen and oxygen atoms in total. The fraction of sp³-hybridized carbons (Fsp3) is 0.361. The highest BCUT2D eigenvalue weighted by Crippen LogP contribution is 2.33. The monoisotopic (exact) mass is 628 g/mol. The third-order valence-electron chi connectivity index (χ3n) is 8.56. The number of furan rings is 1. The van der Waals surface area contributed by atoms with E-state index in [9.17, 15) is 13.2 Å². The van der Waals surface area contributed by atoms with Crippen molar-refractivity contribution in [2.24, 2.45) is 0 Å². The lowest BCUT2D eigenvalue weighted by molar-refractivity contribution is -0.112. The maximum Gasteiger partial charge on any atom is 0.251 e. The summed E-state index contributed by atoms with van der Waals surface area (Å²) in [6, 6.07) is 21.6. The number of ether oxygens (including phenoxy) is 2. The Morgan fingerprint density at radius 2 is 1.76 bits per heavy atom. The summed E-state index contributed by atoms with van der Waals surface area (Å²) in [5.41, 5.74) is 5.34. The van der Waals surface area contributed by atoms with Crippen LogP contribution in [0.3, 0.4) is 0 Å². The number of carbonyl (C=O) groups excluding carboxylic acids is 1. The summed E-state index contributed by atoms with van der Waals surface area (Å²) in [6.45, 7) is 5.59. The minimum Gasteiger partial charge on any atom is -0.459 e. The molecule has 1 N–H and O–H groups in total. The van der Waals surface area contributed by atoms with Crippen molar-refractivity contribution in [3.8, 4) is 11.1 Å². The summed E-state index contributed by atoms with van der Waals surface area (Å²) in [4.78, 5) is 16.0. The minimum atomic E-state index is -3.56. The Morgan fingerprint density at radius 3 is 2.53 bits per heavy atom. The van der Waals surface area contributed by atoms with Gasteiger partial charge in [0.2, 0.25) is 0 Å². The van der Waals surface area contributed by atoms with Crippen molar-refractivity contribution < 1.29 is 27.1 Å². The van der Waals surface area contributed by atoms with E-state index in [-0.39, 0.29) is 23.0 Å². The van der Waals surface area contributed by atoms with Gasteiger partial charge < -0.3 is 19.2 Å². The van der Waals surface area contributed by atoms with Crippen molar-refractivity contribution in [2.45, 2.75) is 56.7 Å². The van der Waals surface area contributed by atoms with Gasteiger partial charge in [0.1, 0.15) is 18.0 Å².